The predicted molar refractivity (Wildman–Crippen MR) is 114 cm³/mol. The number of rotatable bonds is 5. The molecule has 0 spiro atoms. The van der Waals surface area contributed by atoms with Crippen molar-refractivity contribution in [3.63, 3.8) is 0 Å². The molecule has 0 radical (unpaired) electrons. The topological polar surface area (TPSA) is 63.1 Å². The van der Waals surface area contributed by atoms with Crippen molar-refractivity contribution in [1.82, 2.24) is 10.2 Å². The Morgan fingerprint density at radius 1 is 1.10 bits per heavy atom. The van der Waals surface area contributed by atoms with Crippen molar-refractivity contribution in [3.05, 3.63) is 41.4 Å². The van der Waals surface area contributed by atoms with Crippen LogP contribution in [0.5, 0.6) is 5.75 Å². The van der Waals surface area contributed by atoms with E-state index in [9.17, 15) is 9.59 Å². The lowest BCUT2D eigenvalue weighted by Gasteiger charge is -2.32. The summed E-state index contributed by atoms with van der Waals surface area (Å²) in [7, 11) is 0. The van der Waals surface area contributed by atoms with E-state index >= 15 is 0 Å². The number of halogens is 1. The van der Waals surface area contributed by atoms with Gasteiger partial charge in [-0.25, -0.2) is 0 Å². The first-order chi connectivity index (χ1) is 13.7. The maximum atomic E-state index is 12.6. The van der Waals surface area contributed by atoms with Crippen LogP contribution < -0.4 is 15.0 Å². The third-order valence-corrected chi connectivity index (χ3v) is 5.26. The van der Waals surface area contributed by atoms with Gasteiger partial charge >= 0.3 is 0 Å². The number of amides is 2. The zero-order chi connectivity index (χ0) is 21.0. The molecule has 1 heterocycles. The summed E-state index contributed by atoms with van der Waals surface area (Å²) in [6.45, 7) is 9.12. The van der Waals surface area contributed by atoms with Crippen molar-refractivity contribution in [2.75, 3.05) is 39.3 Å². The number of hydrogen-bond donors (Lipinski definition) is 2. The molecule has 7 heteroatoms. The molecule has 2 aromatic rings. The normalized spacial score (nSPS) is 15.4. The lowest BCUT2D eigenvalue weighted by atomic mass is 10.1. The second kappa shape index (κ2) is 9.01. The summed E-state index contributed by atoms with van der Waals surface area (Å²) >= 11 is 6.24. The molecule has 1 aliphatic rings. The quantitative estimate of drug-likeness (QED) is 0.773. The Balaban J connectivity index is 1.50. The molecule has 0 atom stereocenters. The first-order valence-electron chi connectivity index (χ1n) is 9.95. The number of quaternary nitrogens is 1. The summed E-state index contributed by atoms with van der Waals surface area (Å²) in [5.41, 5.74) is -0.225. The van der Waals surface area contributed by atoms with Crippen molar-refractivity contribution in [2.45, 2.75) is 26.3 Å². The number of nitrogens with zero attached hydrogens (tertiary/aromatic N) is 1. The summed E-state index contributed by atoms with van der Waals surface area (Å²) in [6.07, 6.45) is 0. The van der Waals surface area contributed by atoms with E-state index in [1.807, 2.05) is 49.9 Å². The monoisotopic (exact) mass is 418 g/mol. The van der Waals surface area contributed by atoms with Gasteiger partial charge in [0.25, 0.3) is 11.8 Å². The fourth-order valence-electron chi connectivity index (χ4n) is 3.53. The van der Waals surface area contributed by atoms with Gasteiger partial charge in [-0.15, -0.1) is 0 Å². The second-order valence-corrected chi connectivity index (χ2v) is 8.89. The highest BCUT2D eigenvalue weighted by Gasteiger charge is 2.26. The smallest absolute Gasteiger partial charge is 0.275 e. The van der Waals surface area contributed by atoms with Gasteiger partial charge in [0, 0.05) is 21.3 Å². The van der Waals surface area contributed by atoms with Crippen LogP contribution in [0.25, 0.3) is 10.8 Å². The molecule has 1 fully saturated rings. The maximum absolute atomic E-state index is 12.6. The van der Waals surface area contributed by atoms with E-state index in [2.05, 4.69) is 5.32 Å². The Labute approximate surface area is 176 Å². The van der Waals surface area contributed by atoms with E-state index in [1.54, 1.807) is 12.1 Å². The highest BCUT2D eigenvalue weighted by Crippen LogP contribution is 2.31. The molecule has 0 bridgehead atoms. The van der Waals surface area contributed by atoms with Crippen molar-refractivity contribution in [3.8, 4) is 5.75 Å². The second-order valence-electron chi connectivity index (χ2n) is 8.49. The lowest BCUT2D eigenvalue weighted by Crippen LogP contribution is -3.16. The molecule has 0 aromatic heterocycles. The van der Waals surface area contributed by atoms with E-state index in [0.29, 0.717) is 30.4 Å². The third kappa shape index (κ3) is 5.84. The summed E-state index contributed by atoms with van der Waals surface area (Å²) in [6, 6.07) is 11.3. The van der Waals surface area contributed by atoms with E-state index in [-0.39, 0.29) is 24.0 Å². The fraction of sp³-hybridized carbons (Fsp3) is 0.455. The van der Waals surface area contributed by atoms with Gasteiger partial charge in [0.2, 0.25) is 0 Å². The molecule has 2 aromatic carbocycles. The first-order valence-corrected chi connectivity index (χ1v) is 10.3. The van der Waals surface area contributed by atoms with Crippen LogP contribution in [-0.2, 0) is 9.59 Å². The summed E-state index contributed by atoms with van der Waals surface area (Å²) in [5.74, 6) is 0.661. The minimum absolute atomic E-state index is 0.00846. The Kier molecular flexibility index (Phi) is 6.65. The standard InChI is InChI=1S/C22H28ClN3O3/c1-22(2,3)24-20(27)14-25-10-12-26(13-11-25)21(28)15-29-19-9-8-18(23)16-6-4-5-7-17(16)19/h4-9H,10-15H2,1-3H3,(H,24,27)/p+1. The van der Waals surface area contributed by atoms with Crippen LogP contribution in [0, 0.1) is 0 Å². The molecular formula is C22H29ClN3O3+. The minimum Gasteiger partial charge on any atom is -0.483 e. The van der Waals surface area contributed by atoms with Gasteiger partial charge in [0.15, 0.2) is 13.2 Å². The molecule has 2 N–H and O–H groups in total. The molecule has 1 saturated heterocycles. The molecule has 29 heavy (non-hydrogen) atoms. The Hall–Kier alpha value is -2.31. The molecule has 0 saturated carbocycles. The molecule has 3 rings (SSSR count). The number of hydrogen-bond acceptors (Lipinski definition) is 3. The van der Waals surface area contributed by atoms with Gasteiger partial charge in [0.1, 0.15) is 5.75 Å². The fourth-order valence-corrected chi connectivity index (χ4v) is 3.76. The van der Waals surface area contributed by atoms with Crippen molar-refractivity contribution >= 4 is 34.2 Å². The van der Waals surface area contributed by atoms with Crippen LogP contribution in [-0.4, -0.2) is 61.6 Å². The van der Waals surface area contributed by atoms with Crippen LogP contribution in [0.1, 0.15) is 20.8 Å². The number of ether oxygens (including phenoxy) is 1. The van der Waals surface area contributed by atoms with Gasteiger partial charge in [0.05, 0.1) is 26.2 Å². The average Bonchev–Trinajstić information content (AvgIpc) is 2.66. The van der Waals surface area contributed by atoms with Gasteiger partial charge in [-0.2, -0.15) is 0 Å². The van der Waals surface area contributed by atoms with Crippen LogP contribution in [0.4, 0.5) is 0 Å². The molecule has 156 valence electrons. The zero-order valence-electron chi connectivity index (χ0n) is 17.3. The Morgan fingerprint density at radius 3 is 2.41 bits per heavy atom. The number of benzene rings is 2. The van der Waals surface area contributed by atoms with Crippen LogP contribution in [0.2, 0.25) is 5.02 Å². The molecule has 0 aliphatic carbocycles. The van der Waals surface area contributed by atoms with Crippen LogP contribution >= 0.6 is 11.6 Å². The molecule has 1 aliphatic heterocycles. The van der Waals surface area contributed by atoms with Crippen LogP contribution in [0.3, 0.4) is 0 Å². The van der Waals surface area contributed by atoms with E-state index in [1.165, 1.54) is 4.90 Å². The number of carbonyl (C=O) groups is 2. The summed E-state index contributed by atoms with van der Waals surface area (Å²) < 4.78 is 5.81. The number of fused-ring (bicyclic) bond motifs is 1. The highest BCUT2D eigenvalue weighted by molar-refractivity contribution is 6.35. The minimum atomic E-state index is -0.225. The highest BCUT2D eigenvalue weighted by atomic mass is 35.5. The first kappa shape index (κ1) is 21.4. The van der Waals surface area contributed by atoms with Crippen molar-refractivity contribution in [1.29, 1.82) is 0 Å². The zero-order valence-corrected chi connectivity index (χ0v) is 18.0. The Bertz CT molecular complexity index is 886. The van der Waals surface area contributed by atoms with Gasteiger partial charge < -0.3 is 19.9 Å². The molecule has 6 nitrogen and oxygen atoms in total. The molecular weight excluding hydrogens is 390 g/mol. The Morgan fingerprint density at radius 2 is 1.76 bits per heavy atom. The van der Waals surface area contributed by atoms with E-state index in [0.717, 1.165) is 23.9 Å². The summed E-state index contributed by atoms with van der Waals surface area (Å²) in [5, 5.41) is 5.45. The van der Waals surface area contributed by atoms with Gasteiger partial charge in [-0.3, -0.25) is 9.59 Å². The average molecular weight is 419 g/mol. The number of nitrogens with one attached hydrogen (secondary N) is 2. The largest absolute Gasteiger partial charge is 0.483 e. The predicted octanol–water partition coefficient (Wildman–Crippen LogP) is 1.51. The van der Waals surface area contributed by atoms with Gasteiger partial charge in [-0.1, -0.05) is 35.9 Å². The van der Waals surface area contributed by atoms with Crippen LogP contribution in [0.15, 0.2) is 36.4 Å². The lowest BCUT2D eigenvalue weighted by molar-refractivity contribution is -0.896. The van der Waals surface area contributed by atoms with E-state index in [4.69, 9.17) is 16.3 Å². The molecule has 2 amide bonds. The third-order valence-electron chi connectivity index (χ3n) is 4.93. The van der Waals surface area contributed by atoms with Gasteiger partial charge in [-0.05, 0) is 32.9 Å². The number of carbonyl (C=O) groups excluding carboxylic acids is 2. The maximum Gasteiger partial charge on any atom is 0.275 e. The van der Waals surface area contributed by atoms with Crippen molar-refractivity contribution < 1.29 is 19.2 Å². The summed E-state index contributed by atoms with van der Waals surface area (Å²) in [4.78, 5) is 27.7. The number of piperazine rings is 1. The van der Waals surface area contributed by atoms with Crippen molar-refractivity contribution in [2.24, 2.45) is 0 Å². The SMILES string of the molecule is CC(C)(C)NC(=O)C[NH+]1CCN(C(=O)COc2ccc(Cl)c3ccccc23)CC1. The van der Waals surface area contributed by atoms with E-state index < -0.39 is 0 Å². The molecule has 0 unspecified atom stereocenters.